The van der Waals surface area contributed by atoms with Gasteiger partial charge >= 0.3 is 5.97 Å². The van der Waals surface area contributed by atoms with Gasteiger partial charge < -0.3 is 19.3 Å². The molecule has 2 aromatic rings. The van der Waals surface area contributed by atoms with E-state index in [9.17, 15) is 9.90 Å². The molecule has 1 N–H and O–H groups in total. The zero-order valence-electron chi connectivity index (χ0n) is 14.5. The van der Waals surface area contributed by atoms with Gasteiger partial charge in [-0.3, -0.25) is 4.79 Å². The van der Waals surface area contributed by atoms with Gasteiger partial charge in [0.15, 0.2) is 11.5 Å². The summed E-state index contributed by atoms with van der Waals surface area (Å²) in [6.45, 7) is 3.36. The van der Waals surface area contributed by atoms with Gasteiger partial charge in [-0.25, -0.2) is 0 Å². The van der Waals surface area contributed by atoms with E-state index in [1.165, 1.54) is 7.11 Å². The van der Waals surface area contributed by atoms with Crippen molar-refractivity contribution in [3.05, 3.63) is 42.0 Å². The average Bonchev–Trinajstić information content (AvgIpc) is 2.59. The van der Waals surface area contributed by atoms with Crippen molar-refractivity contribution < 1.29 is 24.1 Å². The molecule has 0 heterocycles. The predicted molar refractivity (Wildman–Crippen MR) is 92.2 cm³/mol. The molecule has 24 heavy (non-hydrogen) atoms. The third kappa shape index (κ3) is 2.89. The summed E-state index contributed by atoms with van der Waals surface area (Å²) in [5.41, 5.74) is 1.18. The summed E-state index contributed by atoms with van der Waals surface area (Å²) in [5, 5.41) is 9.60. The summed E-state index contributed by atoms with van der Waals surface area (Å²) in [5.74, 6) is 0.633. The van der Waals surface area contributed by atoms with Crippen molar-refractivity contribution in [2.24, 2.45) is 0 Å². The minimum atomic E-state index is -1.05. The summed E-state index contributed by atoms with van der Waals surface area (Å²) >= 11 is 0. The minimum absolute atomic E-state index is 0.473. The Hall–Kier alpha value is -2.69. The van der Waals surface area contributed by atoms with Gasteiger partial charge in [0.05, 0.1) is 26.7 Å². The van der Waals surface area contributed by atoms with Crippen LogP contribution >= 0.6 is 0 Å². The summed E-state index contributed by atoms with van der Waals surface area (Å²) in [4.78, 5) is 11.7. The molecule has 0 aromatic heterocycles. The van der Waals surface area contributed by atoms with Crippen molar-refractivity contribution in [2.75, 3.05) is 21.3 Å². The molecule has 0 fully saturated rings. The van der Waals surface area contributed by atoms with E-state index in [1.54, 1.807) is 34.1 Å². The maximum absolute atomic E-state index is 11.7. The van der Waals surface area contributed by atoms with Gasteiger partial charge in [-0.05, 0) is 37.1 Å². The average molecular weight is 330 g/mol. The van der Waals surface area contributed by atoms with Crippen LogP contribution in [0.4, 0.5) is 0 Å². The highest BCUT2D eigenvalue weighted by atomic mass is 16.5. The van der Waals surface area contributed by atoms with Gasteiger partial charge in [0.1, 0.15) is 0 Å². The molecule has 0 aliphatic heterocycles. The second kappa shape index (κ2) is 6.83. The molecule has 128 valence electrons. The Morgan fingerprint density at radius 1 is 0.875 bits per heavy atom. The number of carbonyl (C=O) groups is 1. The van der Waals surface area contributed by atoms with E-state index in [0.29, 0.717) is 22.8 Å². The molecule has 0 spiro atoms. The SMILES string of the molecule is COc1ccc(-c2ccccc2C(C)(C)C(=O)O)c(OC)c1OC. The fourth-order valence-electron chi connectivity index (χ4n) is 2.69. The lowest BCUT2D eigenvalue weighted by molar-refractivity contribution is -0.142. The van der Waals surface area contributed by atoms with Crippen molar-refractivity contribution in [3.63, 3.8) is 0 Å². The lowest BCUT2D eigenvalue weighted by Gasteiger charge is -2.24. The minimum Gasteiger partial charge on any atom is -0.493 e. The van der Waals surface area contributed by atoms with Crippen LogP contribution in [0.15, 0.2) is 36.4 Å². The first kappa shape index (κ1) is 17.7. The van der Waals surface area contributed by atoms with Crippen LogP contribution in [0.2, 0.25) is 0 Å². The molecule has 0 saturated heterocycles. The molecule has 0 radical (unpaired) electrons. The van der Waals surface area contributed by atoms with Crippen LogP contribution in [0.1, 0.15) is 19.4 Å². The first-order valence-corrected chi connectivity index (χ1v) is 7.50. The fourth-order valence-corrected chi connectivity index (χ4v) is 2.69. The zero-order valence-corrected chi connectivity index (χ0v) is 14.5. The molecule has 0 atom stereocenters. The van der Waals surface area contributed by atoms with Crippen LogP contribution in [0, 0.1) is 0 Å². The predicted octanol–water partition coefficient (Wildman–Crippen LogP) is 3.74. The van der Waals surface area contributed by atoms with E-state index in [1.807, 2.05) is 30.3 Å². The van der Waals surface area contributed by atoms with Gasteiger partial charge in [-0.1, -0.05) is 24.3 Å². The van der Waals surface area contributed by atoms with E-state index >= 15 is 0 Å². The van der Waals surface area contributed by atoms with Gasteiger partial charge in [0.25, 0.3) is 0 Å². The summed E-state index contributed by atoms with van der Waals surface area (Å²) in [7, 11) is 4.64. The number of rotatable bonds is 6. The van der Waals surface area contributed by atoms with E-state index in [4.69, 9.17) is 14.2 Å². The second-order valence-corrected chi connectivity index (χ2v) is 5.86. The highest BCUT2D eigenvalue weighted by molar-refractivity contribution is 5.87. The Balaban J connectivity index is 2.77. The van der Waals surface area contributed by atoms with Crippen LogP contribution < -0.4 is 14.2 Å². The second-order valence-electron chi connectivity index (χ2n) is 5.86. The van der Waals surface area contributed by atoms with E-state index in [2.05, 4.69) is 0 Å². The molecule has 0 bridgehead atoms. The zero-order chi connectivity index (χ0) is 17.9. The van der Waals surface area contributed by atoms with Gasteiger partial charge in [-0.15, -0.1) is 0 Å². The summed E-state index contributed by atoms with van der Waals surface area (Å²) in [6, 6.07) is 11.0. The monoisotopic (exact) mass is 330 g/mol. The van der Waals surface area contributed by atoms with Crippen molar-refractivity contribution in [2.45, 2.75) is 19.3 Å². The normalized spacial score (nSPS) is 11.0. The smallest absolute Gasteiger partial charge is 0.313 e. The summed E-state index contributed by atoms with van der Waals surface area (Å²) in [6.07, 6.45) is 0. The number of carboxylic acid groups (broad SMARTS) is 1. The van der Waals surface area contributed by atoms with Crippen LogP contribution in [0.25, 0.3) is 11.1 Å². The Morgan fingerprint density at radius 2 is 1.50 bits per heavy atom. The van der Waals surface area contributed by atoms with Gasteiger partial charge in [0, 0.05) is 5.56 Å². The first-order chi connectivity index (χ1) is 11.4. The fraction of sp³-hybridized carbons (Fsp3) is 0.316. The lowest BCUT2D eigenvalue weighted by atomic mass is 9.80. The first-order valence-electron chi connectivity index (χ1n) is 7.50. The van der Waals surface area contributed by atoms with E-state index in [-0.39, 0.29) is 0 Å². The van der Waals surface area contributed by atoms with Crippen molar-refractivity contribution >= 4 is 5.97 Å². The largest absolute Gasteiger partial charge is 0.493 e. The molecule has 0 aliphatic rings. The number of carboxylic acids is 1. The highest BCUT2D eigenvalue weighted by Gasteiger charge is 2.32. The van der Waals surface area contributed by atoms with Crippen molar-refractivity contribution in [3.8, 4) is 28.4 Å². The number of aliphatic carboxylic acids is 1. The summed E-state index contributed by atoms with van der Waals surface area (Å²) < 4.78 is 16.3. The molecular formula is C19H22O5. The maximum Gasteiger partial charge on any atom is 0.313 e. The molecule has 0 saturated carbocycles. The topological polar surface area (TPSA) is 65.0 Å². The Labute approximate surface area is 141 Å². The Kier molecular flexibility index (Phi) is 5.02. The van der Waals surface area contributed by atoms with Crippen molar-refractivity contribution in [1.82, 2.24) is 0 Å². The van der Waals surface area contributed by atoms with Gasteiger partial charge in [0.2, 0.25) is 5.75 Å². The van der Waals surface area contributed by atoms with Crippen LogP contribution in [0.5, 0.6) is 17.2 Å². The standard InChI is InChI=1S/C19H22O5/c1-19(2,18(20)21)14-9-7-6-8-12(14)13-10-11-15(22-3)17(24-5)16(13)23-4/h6-11H,1-5H3,(H,20,21). The molecule has 5 heteroatoms. The van der Waals surface area contributed by atoms with E-state index < -0.39 is 11.4 Å². The molecule has 2 aromatic carbocycles. The number of methoxy groups -OCH3 is 3. The van der Waals surface area contributed by atoms with Gasteiger partial charge in [-0.2, -0.15) is 0 Å². The number of hydrogen-bond acceptors (Lipinski definition) is 4. The lowest BCUT2D eigenvalue weighted by Crippen LogP contribution is -2.29. The van der Waals surface area contributed by atoms with Crippen molar-refractivity contribution in [1.29, 1.82) is 0 Å². The molecule has 2 rings (SSSR count). The number of benzene rings is 2. The molecule has 5 nitrogen and oxygen atoms in total. The number of hydrogen-bond donors (Lipinski definition) is 1. The third-order valence-electron chi connectivity index (χ3n) is 4.13. The Bertz CT molecular complexity index is 749. The van der Waals surface area contributed by atoms with Crippen LogP contribution in [-0.2, 0) is 10.2 Å². The quantitative estimate of drug-likeness (QED) is 0.874. The Morgan fingerprint density at radius 3 is 2.04 bits per heavy atom. The molecular weight excluding hydrogens is 308 g/mol. The number of ether oxygens (including phenoxy) is 3. The maximum atomic E-state index is 11.7. The molecule has 0 aliphatic carbocycles. The molecule has 0 unspecified atom stereocenters. The van der Waals surface area contributed by atoms with Crippen LogP contribution in [0.3, 0.4) is 0 Å². The molecule has 0 amide bonds. The van der Waals surface area contributed by atoms with E-state index in [0.717, 1.165) is 11.1 Å². The third-order valence-corrected chi connectivity index (χ3v) is 4.13. The van der Waals surface area contributed by atoms with Crippen LogP contribution in [-0.4, -0.2) is 32.4 Å². The highest BCUT2D eigenvalue weighted by Crippen LogP contribution is 2.46.